The van der Waals surface area contributed by atoms with Gasteiger partial charge >= 0.3 is 0 Å². The van der Waals surface area contributed by atoms with Crippen LogP contribution in [0, 0.1) is 0 Å². The fourth-order valence-electron chi connectivity index (χ4n) is 0.754. The molecule has 0 unspecified atom stereocenters. The lowest BCUT2D eigenvalue weighted by Gasteiger charge is -1.96. The molecule has 0 aliphatic rings. The van der Waals surface area contributed by atoms with Crippen LogP contribution in [0.5, 0.6) is 0 Å². The molecule has 10 heavy (non-hydrogen) atoms. The number of aromatic nitrogens is 2. The summed E-state index contributed by atoms with van der Waals surface area (Å²) >= 11 is 5.73. The summed E-state index contributed by atoms with van der Waals surface area (Å²) in [5.74, 6) is 0. The second-order valence-electron chi connectivity index (χ2n) is 2.04. The quantitative estimate of drug-likeness (QED) is 0.655. The van der Waals surface area contributed by atoms with Gasteiger partial charge in [0.1, 0.15) is 5.15 Å². The van der Waals surface area contributed by atoms with E-state index >= 15 is 0 Å². The zero-order valence-corrected chi connectivity index (χ0v) is 6.60. The van der Waals surface area contributed by atoms with E-state index in [1.165, 1.54) is 0 Å². The molecule has 3 heteroatoms. The second kappa shape index (κ2) is 3.52. The molecular formula is C7H9ClN2. The van der Waals surface area contributed by atoms with Gasteiger partial charge in [-0.3, -0.25) is 4.98 Å². The van der Waals surface area contributed by atoms with E-state index in [4.69, 9.17) is 11.6 Å². The second-order valence-corrected chi connectivity index (χ2v) is 2.40. The smallest absolute Gasteiger partial charge is 0.150 e. The van der Waals surface area contributed by atoms with Crippen LogP contribution in [0.15, 0.2) is 12.4 Å². The van der Waals surface area contributed by atoms with Gasteiger partial charge in [-0.2, -0.15) is 0 Å². The van der Waals surface area contributed by atoms with E-state index in [2.05, 4.69) is 16.9 Å². The summed E-state index contributed by atoms with van der Waals surface area (Å²) < 4.78 is 0. The van der Waals surface area contributed by atoms with Crippen LogP contribution in [-0.2, 0) is 6.42 Å². The van der Waals surface area contributed by atoms with Crippen LogP contribution in [0.2, 0.25) is 5.15 Å². The molecule has 1 rings (SSSR count). The Morgan fingerprint density at radius 3 is 2.70 bits per heavy atom. The monoisotopic (exact) mass is 156 g/mol. The molecule has 0 aliphatic heterocycles. The van der Waals surface area contributed by atoms with E-state index in [1.54, 1.807) is 12.4 Å². The Bertz CT molecular complexity index is 213. The van der Waals surface area contributed by atoms with Crippen LogP contribution in [0.4, 0.5) is 0 Å². The van der Waals surface area contributed by atoms with Crippen LogP contribution >= 0.6 is 11.6 Å². The first-order chi connectivity index (χ1) is 4.84. The standard InChI is InChI=1S/C7H9ClN2/c1-2-3-6-7(8)10-5-4-9-6/h4-5H,2-3H2,1H3. The Labute approximate surface area is 65.3 Å². The molecule has 0 bridgehead atoms. The maximum atomic E-state index is 5.73. The number of halogens is 1. The number of hydrogen-bond donors (Lipinski definition) is 0. The van der Waals surface area contributed by atoms with Crippen molar-refractivity contribution in [2.75, 3.05) is 0 Å². The summed E-state index contributed by atoms with van der Waals surface area (Å²) in [6, 6.07) is 0. The van der Waals surface area contributed by atoms with Crippen LogP contribution < -0.4 is 0 Å². The first-order valence-corrected chi connectivity index (χ1v) is 3.67. The zero-order valence-electron chi connectivity index (χ0n) is 5.84. The van der Waals surface area contributed by atoms with Crippen molar-refractivity contribution in [1.29, 1.82) is 0 Å². The largest absolute Gasteiger partial charge is 0.256 e. The van der Waals surface area contributed by atoms with E-state index in [1.807, 2.05) is 0 Å². The van der Waals surface area contributed by atoms with Crippen molar-refractivity contribution in [2.45, 2.75) is 19.8 Å². The lowest BCUT2D eigenvalue weighted by molar-refractivity contribution is 0.871. The molecular weight excluding hydrogens is 148 g/mol. The van der Waals surface area contributed by atoms with Crippen molar-refractivity contribution in [2.24, 2.45) is 0 Å². The lowest BCUT2D eigenvalue weighted by atomic mass is 10.3. The van der Waals surface area contributed by atoms with Gasteiger partial charge in [0.05, 0.1) is 5.69 Å². The lowest BCUT2D eigenvalue weighted by Crippen LogP contribution is -1.91. The third-order valence-electron chi connectivity index (χ3n) is 1.21. The summed E-state index contributed by atoms with van der Waals surface area (Å²) in [6.07, 6.45) is 5.23. The SMILES string of the molecule is CCCc1nccnc1Cl. The van der Waals surface area contributed by atoms with E-state index in [-0.39, 0.29) is 0 Å². The molecule has 0 N–H and O–H groups in total. The summed E-state index contributed by atoms with van der Waals surface area (Å²) in [6.45, 7) is 2.09. The maximum absolute atomic E-state index is 5.73. The normalized spacial score (nSPS) is 9.80. The van der Waals surface area contributed by atoms with Gasteiger partial charge in [-0.25, -0.2) is 4.98 Å². The minimum Gasteiger partial charge on any atom is -0.256 e. The van der Waals surface area contributed by atoms with Crippen LogP contribution in [0.25, 0.3) is 0 Å². The highest BCUT2D eigenvalue weighted by molar-refractivity contribution is 6.29. The van der Waals surface area contributed by atoms with E-state index in [0.717, 1.165) is 18.5 Å². The average Bonchev–Trinajstić information content (AvgIpc) is 1.94. The van der Waals surface area contributed by atoms with Crippen molar-refractivity contribution in [3.8, 4) is 0 Å². The van der Waals surface area contributed by atoms with Gasteiger partial charge in [-0.15, -0.1) is 0 Å². The van der Waals surface area contributed by atoms with Crippen LogP contribution in [0.3, 0.4) is 0 Å². The molecule has 0 aliphatic carbocycles. The Kier molecular flexibility index (Phi) is 2.63. The minimum atomic E-state index is 0.532. The van der Waals surface area contributed by atoms with Gasteiger partial charge < -0.3 is 0 Å². The first kappa shape index (κ1) is 7.48. The van der Waals surface area contributed by atoms with Crippen molar-refractivity contribution >= 4 is 11.6 Å². The summed E-state index contributed by atoms with van der Waals surface area (Å²) in [7, 11) is 0. The highest BCUT2D eigenvalue weighted by atomic mass is 35.5. The molecule has 0 radical (unpaired) electrons. The van der Waals surface area contributed by atoms with E-state index in [9.17, 15) is 0 Å². The Morgan fingerprint density at radius 1 is 1.40 bits per heavy atom. The molecule has 0 aromatic carbocycles. The molecule has 0 saturated carbocycles. The molecule has 54 valence electrons. The molecule has 1 heterocycles. The third kappa shape index (κ3) is 1.67. The third-order valence-corrected chi connectivity index (χ3v) is 1.53. The van der Waals surface area contributed by atoms with Crippen LogP contribution in [0.1, 0.15) is 19.0 Å². The molecule has 0 atom stereocenters. The van der Waals surface area contributed by atoms with Gasteiger partial charge in [0.25, 0.3) is 0 Å². The molecule has 0 amide bonds. The number of rotatable bonds is 2. The summed E-state index contributed by atoms with van der Waals surface area (Å²) in [5, 5.41) is 0.532. The molecule has 1 aromatic heterocycles. The molecule has 0 saturated heterocycles. The Balaban J connectivity index is 2.81. The molecule has 2 nitrogen and oxygen atoms in total. The van der Waals surface area contributed by atoms with Gasteiger partial charge in [0.2, 0.25) is 0 Å². The first-order valence-electron chi connectivity index (χ1n) is 3.30. The number of hydrogen-bond acceptors (Lipinski definition) is 2. The van der Waals surface area contributed by atoms with Crippen molar-refractivity contribution in [1.82, 2.24) is 9.97 Å². The molecule has 1 aromatic rings. The predicted octanol–water partition coefficient (Wildman–Crippen LogP) is 2.08. The average molecular weight is 157 g/mol. The topological polar surface area (TPSA) is 25.8 Å². The maximum Gasteiger partial charge on any atom is 0.150 e. The summed E-state index contributed by atoms with van der Waals surface area (Å²) in [5.41, 5.74) is 0.895. The van der Waals surface area contributed by atoms with Crippen molar-refractivity contribution < 1.29 is 0 Å². The van der Waals surface area contributed by atoms with Crippen LogP contribution in [-0.4, -0.2) is 9.97 Å². The fourth-order valence-corrected chi connectivity index (χ4v) is 0.954. The van der Waals surface area contributed by atoms with Gasteiger partial charge in [0, 0.05) is 12.4 Å². The summed E-state index contributed by atoms with van der Waals surface area (Å²) in [4.78, 5) is 7.97. The molecule has 0 fully saturated rings. The van der Waals surface area contributed by atoms with E-state index in [0.29, 0.717) is 5.15 Å². The van der Waals surface area contributed by atoms with E-state index < -0.39 is 0 Å². The van der Waals surface area contributed by atoms with Crippen molar-refractivity contribution in [3.63, 3.8) is 0 Å². The van der Waals surface area contributed by atoms with Gasteiger partial charge in [-0.1, -0.05) is 24.9 Å². The van der Waals surface area contributed by atoms with Gasteiger partial charge in [-0.05, 0) is 6.42 Å². The number of nitrogens with zero attached hydrogens (tertiary/aromatic N) is 2. The zero-order chi connectivity index (χ0) is 7.40. The predicted molar refractivity (Wildman–Crippen MR) is 41.0 cm³/mol. The fraction of sp³-hybridized carbons (Fsp3) is 0.429. The Hall–Kier alpha value is -0.630. The van der Waals surface area contributed by atoms with Crippen molar-refractivity contribution in [3.05, 3.63) is 23.2 Å². The Morgan fingerprint density at radius 2 is 2.10 bits per heavy atom. The molecule has 0 spiro atoms. The number of aryl methyl sites for hydroxylation is 1. The highest BCUT2D eigenvalue weighted by Crippen LogP contribution is 2.09. The minimum absolute atomic E-state index is 0.532. The highest BCUT2D eigenvalue weighted by Gasteiger charge is 1.98. The van der Waals surface area contributed by atoms with Gasteiger partial charge in [0.15, 0.2) is 0 Å².